The van der Waals surface area contributed by atoms with Crippen molar-refractivity contribution in [3.63, 3.8) is 0 Å². The lowest BCUT2D eigenvalue weighted by atomic mass is 10.2. The van der Waals surface area contributed by atoms with Crippen LogP contribution >= 0.6 is 0 Å². The molecule has 0 heterocycles. The first kappa shape index (κ1) is 17.4. The number of nitrogens with one attached hydrogen (secondary N) is 1. The summed E-state index contributed by atoms with van der Waals surface area (Å²) in [6.45, 7) is 1.18. The molecule has 0 aliphatic heterocycles. The number of nitro benzene ring substituents is 1. The van der Waals surface area contributed by atoms with Gasteiger partial charge in [-0.05, 0) is 24.6 Å². The topological polar surface area (TPSA) is 128 Å². The molecular formula is C13H16N2O7. The molecule has 0 aliphatic carbocycles. The minimum absolute atomic E-state index is 0.0759. The van der Waals surface area contributed by atoms with E-state index in [0.717, 1.165) is 7.11 Å². The van der Waals surface area contributed by atoms with Gasteiger partial charge in [0.05, 0.1) is 18.1 Å². The normalized spacial score (nSPS) is 12.9. The van der Waals surface area contributed by atoms with E-state index in [-0.39, 0.29) is 12.3 Å². The summed E-state index contributed by atoms with van der Waals surface area (Å²) in [4.78, 5) is 32.9. The molecular weight excluding hydrogens is 296 g/mol. The van der Waals surface area contributed by atoms with Crippen molar-refractivity contribution in [1.82, 2.24) is 5.32 Å². The van der Waals surface area contributed by atoms with Gasteiger partial charge in [-0.2, -0.15) is 0 Å². The summed E-state index contributed by atoms with van der Waals surface area (Å²) in [5, 5.41) is 22.1. The number of hydrogen-bond donors (Lipinski definition) is 2. The third-order valence-corrected chi connectivity index (χ3v) is 2.73. The van der Waals surface area contributed by atoms with Crippen LogP contribution in [0.25, 0.3) is 0 Å². The molecule has 120 valence electrons. The number of amides is 1. The van der Waals surface area contributed by atoms with Crippen molar-refractivity contribution in [2.24, 2.45) is 0 Å². The number of benzene rings is 1. The lowest BCUT2D eigenvalue weighted by Gasteiger charge is -2.18. The summed E-state index contributed by atoms with van der Waals surface area (Å²) in [5.74, 6) is -0.803. The fourth-order valence-corrected chi connectivity index (χ4v) is 1.53. The fraction of sp³-hybridized carbons (Fsp3) is 0.385. The van der Waals surface area contributed by atoms with Gasteiger partial charge in [0.1, 0.15) is 6.61 Å². The zero-order valence-electron chi connectivity index (χ0n) is 12.0. The van der Waals surface area contributed by atoms with E-state index in [1.807, 2.05) is 0 Å². The predicted molar refractivity (Wildman–Crippen MR) is 73.9 cm³/mol. The molecule has 2 atom stereocenters. The molecule has 1 rings (SSSR count). The Hall–Kier alpha value is -2.68. The number of ether oxygens (including phenoxy) is 2. The average molecular weight is 312 g/mol. The van der Waals surface area contributed by atoms with Crippen LogP contribution in [0.3, 0.4) is 0 Å². The molecule has 1 aromatic carbocycles. The van der Waals surface area contributed by atoms with Crippen LogP contribution < -0.4 is 5.32 Å². The first-order chi connectivity index (χ1) is 10.3. The third-order valence-electron chi connectivity index (χ3n) is 2.73. The van der Waals surface area contributed by atoms with Gasteiger partial charge in [-0.25, -0.2) is 9.59 Å². The van der Waals surface area contributed by atoms with Gasteiger partial charge in [0.25, 0.3) is 5.69 Å². The Labute approximate surface area is 126 Å². The maximum Gasteiger partial charge on any atom is 0.408 e. The van der Waals surface area contributed by atoms with Gasteiger partial charge in [0, 0.05) is 12.1 Å². The van der Waals surface area contributed by atoms with Gasteiger partial charge in [-0.3, -0.25) is 10.1 Å². The quantitative estimate of drug-likeness (QED) is 0.450. The molecule has 9 nitrogen and oxygen atoms in total. The number of non-ortho nitro benzene ring substituents is 1. The lowest BCUT2D eigenvalue weighted by Crippen LogP contribution is -2.48. The van der Waals surface area contributed by atoms with Crippen LogP contribution in [-0.4, -0.2) is 41.3 Å². The number of rotatable bonds is 6. The average Bonchev–Trinajstić information content (AvgIpc) is 2.49. The minimum Gasteiger partial charge on any atom is -0.467 e. The van der Waals surface area contributed by atoms with Gasteiger partial charge in [0.2, 0.25) is 0 Å². The highest BCUT2D eigenvalue weighted by molar-refractivity contribution is 5.81. The smallest absolute Gasteiger partial charge is 0.408 e. The molecule has 0 saturated carbocycles. The zero-order valence-corrected chi connectivity index (χ0v) is 12.0. The summed E-state index contributed by atoms with van der Waals surface area (Å²) >= 11 is 0. The van der Waals surface area contributed by atoms with Crippen molar-refractivity contribution < 1.29 is 29.1 Å². The Kier molecular flexibility index (Phi) is 6.26. The second kappa shape index (κ2) is 7.93. The number of esters is 1. The number of aliphatic hydroxyl groups is 1. The molecule has 1 aromatic rings. The molecule has 2 N–H and O–H groups in total. The van der Waals surface area contributed by atoms with E-state index in [0.29, 0.717) is 5.56 Å². The Balaban J connectivity index is 2.54. The summed E-state index contributed by atoms with van der Waals surface area (Å²) in [6, 6.07) is 4.21. The SMILES string of the molecule is COC(=O)[C@@H](NC(=O)OCc1ccc([N+](=O)[O-])cc1)[C@@H](C)O. The van der Waals surface area contributed by atoms with Gasteiger partial charge >= 0.3 is 12.1 Å². The van der Waals surface area contributed by atoms with E-state index in [4.69, 9.17) is 4.74 Å². The van der Waals surface area contributed by atoms with Gasteiger partial charge in [-0.1, -0.05) is 0 Å². The van der Waals surface area contributed by atoms with E-state index in [2.05, 4.69) is 10.1 Å². The number of nitro groups is 1. The molecule has 0 bridgehead atoms. The lowest BCUT2D eigenvalue weighted by molar-refractivity contribution is -0.384. The highest BCUT2D eigenvalue weighted by Gasteiger charge is 2.26. The standard InChI is InChI=1S/C13H16N2O7/c1-8(16)11(12(17)21-2)14-13(18)22-7-9-3-5-10(6-4-9)15(19)20/h3-6,8,11,16H,7H2,1-2H3,(H,14,18)/t8-,11+/m1/s1. The first-order valence-electron chi connectivity index (χ1n) is 6.27. The minimum atomic E-state index is -1.24. The van der Waals surface area contributed by atoms with E-state index in [1.165, 1.54) is 31.2 Å². The van der Waals surface area contributed by atoms with Crippen LogP contribution in [-0.2, 0) is 20.9 Å². The number of methoxy groups -OCH3 is 1. The molecule has 0 saturated heterocycles. The molecule has 9 heteroatoms. The molecule has 0 fully saturated rings. The van der Waals surface area contributed by atoms with E-state index in [9.17, 15) is 24.8 Å². The number of nitrogens with zero attached hydrogens (tertiary/aromatic N) is 1. The highest BCUT2D eigenvalue weighted by atomic mass is 16.6. The highest BCUT2D eigenvalue weighted by Crippen LogP contribution is 2.12. The molecule has 22 heavy (non-hydrogen) atoms. The predicted octanol–water partition coefficient (Wildman–Crippen LogP) is 0.743. The molecule has 0 spiro atoms. The van der Waals surface area contributed by atoms with Crippen LogP contribution in [0.4, 0.5) is 10.5 Å². The third kappa shape index (κ3) is 5.02. The molecule has 0 radical (unpaired) electrons. The number of carbonyl (C=O) groups excluding carboxylic acids is 2. The number of aliphatic hydroxyl groups excluding tert-OH is 1. The molecule has 0 aliphatic rings. The van der Waals surface area contributed by atoms with Gasteiger partial charge in [0.15, 0.2) is 6.04 Å². The van der Waals surface area contributed by atoms with Crippen molar-refractivity contribution in [1.29, 1.82) is 0 Å². The summed E-state index contributed by atoms with van der Waals surface area (Å²) in [5.41, 5.74) is 0.459. The number of hydrogen-bond acceptors (Lipinski definition) is 7. The summed E-state index contributed by atoms with van der Waals surface area (Å²) in [7, 11) is 1.13. The summed E-state index contributed by atoms with van der Waals surface area (Å²) < 4.78 is 9.30. The van der Waals surface area contributed by atoms with E-state index < -0.39 is 29.1 Å². The van der Waals surface area contributed by atoms with Crippen LogP contribution in [0.5, 0.6) is 0 Å². The maximum atomic E-state index is 11.6. The Bertz CT molecular complexity index is 542. The Morgan fingerprint density at radius 3 is 2.41 bits per heavy atom. The first-order valence-corrected chi connectivity index (χ1v) is 6.27. The van der Waals surface area contributed by atoms with Crippen molar-refractivity contribution in [3.8, 4) is 0 Å². The van der Waals surface area contributed by atoms with Crippen LogP contribution in [0, 0.1) is 10.1 Å². The van der Waals surface area contributed by atoms with Crippen molar-refractivity contribution in [2.45, 2.75) is 25.7 Å². The second-order valence-electron chi connectivity index (χ2n) is 4.39. The second-order valence-corrected chi connectivity index (χ2v) is 4.39. The Morgan fingerprint density at radius 1 is 1.36 bits per heavy atom. The fourth-order valence-electron chi connectivity index (χ4n) is 1.53. The van der Waals surface area contributed by atoms with Gasteiger partial charge in [-0.15, -0.1) is 0 Å². The van der Waals surface area contributed by atoms with Crippen molar-refractivity contribution in [3.05, 3.63) is 39.9 Å². The maximum absolute atomic E-state index is 11.6. The van der Waals surface area contributed by atoms with E-state index in [1.54, 1.807) is 0 Å². The van der Waals surface area contributed by atoms with Crippen molar-refractivity contribution >= 4 is 17.7 Å². The monoisotopic (exact) mass is 312 g/mol. The van der Waals surface area contributed by atoms with Crippen molar-refractivity contribution in [2.75, 3.05) is 7.11 Å². The molecule has 1 amide bonds. The Morgan fingerprint density at radius 2 is 1.95 bits per heavy atom. The largest absolute Gasteiger partial charge is 0.467 e. The van der Waals surface area contributed by atoms with Crippen LogP contribution in [0.2, 0.25) is 0 Å². The van der Waals surface area contributed by atoms with Crippen LogP contribution in [0.1, 0.15) is 12.5 Å². The van der Waals surface area contributed by atoms with Crippen LogP contribution in [0.15, 0.2) is 24.3 Å². The van der Waals surface area contributed by atoms with E-state index >= 15 is 0 Å². The molecule has 0 unspecified atom stereocenters. The summed E-state index contributed by atoms with van der Waals surface area (Å²) in [6.07, 6.45) is -2.07. The number of alkyl carbamates (subject to hydrolysis) is 1. The van der Waals surface area contributed by atoms with Gasteiger partial charge < -0.3 is 19.9 Å². The molecule has 0 aromatic heterocycles. The zero-order chi connectivity index (χ0) is 16.7. The number of carbonyl (C=O) groups is 2.